The van der Waals surface area contributed by atoms with E-state index in [4.69, 9.17) is 11.6 Å². The van der Waals surface area contributed by atoms with Gasteiger partial charge in [-0.3, -0.25) is 9.59 Å². The summed E-state index contributed by atoms with van der Waals surface area (Å²) >= 11 is 5.98. The average Bonchev–Trinajstić information content (AvgIpc) is 2.70. The van der Waals surface area contributed by atoms with Crippen LogP contribution in [0, 0.1) is 6.92 Å². The van der Waals surface area contributed by atoms with Crippen LogP contribution in [-0.2, 0) is 11.2 Å². The first-order valence-electron chi connectivity index (χ1n) is 7.53. The van der Waals surface area contributed by atoms with E-state index in [1.165, 1.54) is 0 Å². The highest BCUT2D eigenvalue weighted by atomic mass is 35.5. The van der Waals surface area contributed by atoms with Gasteiger partial charge in [0.1, 0.15) is 0 Å². The second-order valence-electron chi connectivity index (χ2n) is 5.69. The second kappa shape index (κ2) is 6.42. The molecule has 0 radical (unpaired) electrons. The van der Waals surface area contributed by atoms with Gasteiger partial charge in [-0.15, -0.1) is 0 Å². The molecule has 3 rings (SSSR count). The summed E-state index contributed by atoms with van der Waals surface area (Å²) in [5.41, 5.74) is 4.00. The van der Waals surface area contributed by atoms with E-state index < -0.39 is 0 Å². The molecule has 1 heterocycles. The third-order valence-corrected chi connectivity index (χ3v) is 4.17. The number of amides is 2. The van der Waals surface area contributed by atoms with Crippen LogP contribution in [0.25, 0.3) is 0 Å². The number of fused-ring (bicyclic) bond motifs is 1. The maximum atomic E-state index is 12.5. The van der Waals surface area contributed by atoms with Crippen LogP contribution in [0.4, 0.5) is 11.4 Å². The molecule has 1 aliphatic heterocycles. The lowest BCUT2D eigenvalue weighted by Crippen LogP contribution is -2.14. The summed E-state index contributed by atoms with van der Waals surface area (Å²) in [6.07, 6.45) is 2.08. The van der Waals surface area contributed by atoms with Gasteiger partial charge in [-0.1, -0.05) is 17.7 Å². The maximum Gasteiger partial charge on any atom is 0.255 e. The molecular weight excluding hydrogens is 312 g/mol. The van der Waals surface area contributed by atoms with Crippen LogP contribution in [0.15, 0.2) is 36.4 Å². The number of hydrogen-bond donors (Lipinski definition) is 2. The van der Waals surface area contributed by atoms with Crippen molar-refractivity contribution in [3.63, 3.8) is 0 Å². The Kier molecular flexibility index (Phi) is 4.35. The molecule has 0 bridgehead atoms. The number of aryl methyl sites for hydroxylation is 2. The van der Waals surface area contributed by atoms with E-state index in [2.05, 4.69) is 10.6 Å². The molecule has 0 spiro atoms. The molecule has 5 heteroatoms. The van der Waals surface area contributed by atoms with Gasteiger partial charge in [-0.25, -0.2) is 0 Å². The third kappa shape index (κ3) is 3.54. The lowest BCUT2D eigenvalue weighted by atomic mass is 10.0. The molecule has 2 aromatic rings. The van der Waals surface area contributed by atoms with Crippen molar-refractivity contribution < 1.29 is 9.59 Å². The SMILES string of the molecule is Cc1ccc(Cl)cc1NC(=O)c1ccc2c(c1)CCCC(=O)N2. The van der Waals surface area contributed by atoms with Crippen LogP contribution < -0.4 is 10.6 Å². The smallest absolute Gasteiger partial charge is 0.255 e. The zero-order valence-electron chi connectivity index (χ0n) is 12.8. The van der Waals surface area contributed by atoms with Gasteiger partial charge >= 0.3 is 0 Å². The fourth-order valence-corrected chi connectivity index (χ4v) is 2.81. The van der Waals surface area contributed by atoms with Gasteiger partial charge in [0.25, 0.3) is 5.91 Å². The number of anilines is 2. The molecule has 118 valence electrons. The van der Waals surface area contributed by atoms with E-state index in [-0.39, 0.29) is 11.8 Å². The summed E-state index contributed by atoms with van der Waals surface area (Å²) in [5.74, 6) is -0.163. The minimum atomic E-state index is -0.186. The fraction of sp³-hybridized carbons (Fsp3) is 0.222. The van der Waals surface area contributed by atoms with Crippen molar-refractivity contribution in [1.29, 1.82) is 0 Å². The topological polar surface area (TPSA) is 58.2 Å². The monoisotopic (exact) mass is 328 g/mol. The minimum Gasteiger partial charge on any atom is -0.326 e. The fourth-order valence-electron chi connectivity index (χ4n) is 2.64. The highest BCUT2D eigenvalue weighted by Crippen LogP contribution is 2.25. The van der Waals surface area contributed by atoms with Crippen LogP contribution in [0.3, 0.4) is 0 Å². The Bertz CT molecular complexity index is 787. The highest BCUT2D eigenvalue weighted by Gasteiger charge is 2.15. The highest BCUT2D eigenvalue weighted by molar-refractivity contribution is 6.31. The largest absolute Gasteiger partial charge is 0.326 e. The van der Waals surface area contributed by atoms with Crippen molar-refractivity contribution in [1.82, 2.24) is 0 Å². The Morgan fingerprint density at radius 2 is 2.00 bits per heavy atom. The lowest BCUT2D eigenvalue weighted by molar-refractivity contribution is -0.116. The van der Waals surface area contributed by atoms with Crippen LogP contribution in [-0.4, -0.2) is 11.8 Å². The average molecular weight is 329 g/mol. The van der Waals surface area contributed by atoms with E-state index >= 15 is 0 Å². The van der Waals surface area contributed by atoms with Gasteiger partial charge in [0.15, 0.2) is 0 Å². The van der Waals surface area contributed by atoms with Gasteiger partial charge in [0, 0.05) is 28.4 Å². The molecule has 2 N–H and O–H groups in total. The molecule has 1 aliphatic rings. The van der Waals surface area contributed by atoms with Crippen LogP contribution in [0.5, 0.6) is 0 Å². The van der Waals surface area contributed by atoms with Crippen molar-refractivity contribution in [2.75, 3.05) is 10.6 Å². The first-order valence-corrected chi connectivity index (χ1v) is 7.91. The molecule has 4 nitrogen and oxygen atoms in total. The van der Waals surface area contributed by atoms with Crippen molar-refractivity contribution >= 4 is 34.8 Å². The maximum absolute atomic E-state index is 12.5. The van der Waals surface area contributed by atoms with E-state index in [1.54, 1.807) is 24.3 Å². The zero-order chi connectivity index (χ0) is 16.4. The van der Waals surface area contributed by atoms with Crippen molar-refractivity contribution in [2.45, 2.75) is 26.2 Å². The van der Waals surface area contributed by atoms with Crippen molar-refractivity contribution in [3.8, 4) is 0 Å². The molecule has 0 aliphatic carbocycles. The minimum absolute atomic E-state index is 0.0236. The summed E-state index contributed by atoms with van der Waals surface area (Å²) in [6.45, 7) is 1.92. The summed E-state index contributed by atoms with van der Waals surface area (Å²) < 4.78 is 0. The van der Waals surface area contributed by atoms with E-state index in [0.29, 0.717) is 22.7 Å². The molecule has 0 fully saturated rings. The van der Waals surface area contributed by atoms with Gasteiger partial charge in [0.2, 0.25) is 5.91 Å². The Hall–Kier alpha value is -2.33. The molecule has 0 saturated carbocycles. The molecule has 2 aromatic carbocycles. The number of carbonyl (C=O) groups excluding carboxylic acids is 2. The summed E-state index contributed by atoms with van der Waals surface area (Å²) in [6, 6.07) is 10.7. The van der Waals surface area contributed by atoms with Gasteiger partial charge in [-0.05, 0) is 61.2 Å². The Morgan fingerprint density at radius 3 is 2.83 bits per heavy atom. The van der Waals surface area contributed by atoms with Crippen LogP contribution in [0.2, 0.25) is 5.02 Å². The summed E-state index contributed by atoms with van der Waals surface area (Å²) in [4.78, 5) is 24.0. The van der Waals surface area contributed by atoms with E-state index in [9.17, 15) is 9.59 Å². The number of hydrogen-bond acceptors (Lipinski definition) is 2. The Morgan fingerprint density at radius 1 is 1.17 bits per heavy atom. The number of benzene rings is 2. The van der Waals surface area contributed by atoms with Gasteiger partial charge < -0.3 is 10.6 Å². The summed E-state index contributed by atoms with van der Waals surface area (Å²) in [5, 5.41) is 6.33. The normalized spacial score (nSPS) is 13.7. The second-order valence-corrected chi connectivity index (χ2v) is 6.12. The first-order chi connectivity index (χ1) is 11.0. The first kappa shape index (κ1) is 15.6. The number of halogens is 1. The molecule has 0 atom stereocenters. The number of rotatable bonds is 2. The molecule has 2 amide bonds. The predicted octanol–water partition coefficient (Wildman–Crippen LogP) is 4.18. The van der Waals surface area contributed by atoms with Gasteiger partial charge in [-0.2, -0.15) is 0 Å². The van der Waals surface area contributed by atoms with E-state index in [0.717, 1.165) is 29.7 Å². The van der Waals surface area contributed by atoms with Crippen LogP contribution in [0.1, 0.15) is 34.3 Å². The van der Waals surface area contributed by atoms with Crippen molar-refractivity contribution in [2.24, 2.45) is 0 Å². The number of nitrogens with one attached hydrogen (secondary N) is 2. The van der Waals surface area contributed by atoms with E-state index in [1.807, 2.05) is 19.1 Å². The van der Waals surface area contributed by atoms with Gasteiger partial charge in [0.05, 0.1) is 0 Å². The van der Waals surface area contributed by atoms with Crippen molar-refractivity contribution in [3.05, 3.63) is 58.1 Å². The lowest BCUT2D eigenvalue weighted by Gasteiger charge is -2.11. The summed E-state index contributed by atoms with van der Waals surface area (Å²) in [7, 11) is 0. The molecule has 23 heavy (non-hydrogen) atoms. The standard InChI is InChI=1S/C18H17ClN2O2/c1-11-5-7-14(19)10-16(11)21-18(23)13-6-8-15-12(9-13)3-2-4-17(22)20-15/h5-10H,2-4H2,1H3,(H,20,22)(H,21,23). The Labute approximate surface area is 139 Å². The predicted molar refractivity (Wildman–Crippen MR) is 92.2 cm³/mol. The molecule has 0 unspecified atom stereocenters. The quantitative estimate of drug-likeness (QED) is 0.869. The number of carbonyl (C=O) groups is 2. The molecule has 0 aromatic heterocycles. The Balaban J connectivity index is 1.84. The molecule has 0 saturated heterocycles. The zero-order valence-corrected chi connectivity index (χ0v) is 13.5. The van der Waals surface area contributed by atoms with Crippen LogP contribution >= 0.6 is 11.6 Å². The molecular formula is C18H17ClN2O2. The third-order valence-electron chi connectivity index (χ3n) is 3.94.